The minimum absolute atomic E-state index is 0.0518. The molecule has 1 aromatic heterocycles. The average Bonchev–Trinajstić information content (AvgIpc) is 2.31. The second-order valence-corrected chi connectivity index (χ2v) is 5.92. The SMILES string of the molecule is Cc1nc(N)nc(N(C)CC2(N(C)C)CCC2)c1[N+](=O)[O-]. The largest absolute Gasteiger partial charge is 0.368 e. The van der Waals surface area contributed by atoms with E-state index in [4.69, 9.17) is 5.73 Å². The van der Waals surface area contributed by atoms with Gasteiger partial charge in [0.05, 0.1) is 4.92 Å². The van der Waals surface area contributed by atoms with Crippen LogP contribution in [0, 0.1) is 17.0 Å². The molecule has 116 valence electrons. The number of aromatic nitrogens is 2. The zero-order valence-corrected chi connectivity index (χ0v) is 13.0. The molecule has 2 rings (SSSR count). The number of nitro groups is 1. The lowest BCUT2D eigenvalue weighted by molar-refractivity contribution is -0.385. The Morgan fingerprint density at radius 2 is 1.95 bits per heavy atom. The number of hydrogen-bond acceptors (Lipinski definition) is 7. The van der Waals surface area contributed by atoms with Crippen LogP contribution in [0.4, 0.5) is 17.5 Å². The van der Waals surface area contributed by atoms with Gasteiger partial charge in [-0.2, -0.15) is 4.98 Å². The standard InChI is InChI=1S/C13H22N6O2/c1-9-10(19(20)21)11(16-12(14)15-9)18(4)8-13(17(2)3)6-5-7-13/h5-8H2,1-4H3,(H2,14,15,16). The fraction of sp³-hybridized carbons (Fsp3) is 0.692. The number of likely N-dealkylation sites (N-methyl/N-ethyl adjacent to an activating group) is 2. The predicted octanol–water partition coefficient (Wildman–Crippen LogP) is 1.20. The van der Waals surface area contributed by atoms with Crippen LogP contribution in [0.5, 0.6) is 0 Å². The van der Waals surface area contributed by atoms with Gasteiger partial charge in [0.25, 0.3) is 0 Å². The Bertz CT molecular complexity index is 556. The first-order valence-corrected chi connectivity index (χ1v) is 6.94. The first-order chi connectivity index (χ1) is 9.77. The highest BCUT2D eigenvalue weighted by atomic mass is 16.6. The van der Waals surface area contributed by atoms with Gasteiger partial charge in [-0.15, -0.1) is 0 Å². The van der Waals surface area contributed by atoms with Gasteiger partial charge in [0, 0.05) is 19.1 Å². The van der Waals surface area contributed by atoms with Crippen molar-refractivity contribution in [2.75, 3.05) is 38.3 Å². The monoisotopic (exact) mass is 294 g/mol. The van der Waals surface area contributed by atoms with E-state index in [1.54, 1.807) is 6.92 Å². The molecule has 1 aliphatic carbocycles. The summed E-state index contributed by atoms with van der Waals surface area (Å²) in [4.78, 5) is 22.8. The van der Waals surface area contributed by atoms with Crippen molar-refractivity contribution in [1.29, 1.82) is 0 Å². The number of nitrogens with two attached hydrogens (primary N) is 1. The molecule has 2 N–H and O–H groups in total. The Labute approximate surface area is 124 Å². The topological polar surface area (TPSA) is 101 Å². The molecule has 0 aromatic carbocycles. The summed E-state index contributed by atoms with van der Waals surface area (Å²) in [6.07, 6.45) is 3.34. The first kappa shape index (κ1) is 15.4. The number of nitrogens with zero attached hydrogens (tertiary/aromatic N) is 5. The summed E-state index contributed by atoms with van der Waals surface area (Å²) in [6, 6.07) is 0. The van der Waals surface area contributed by atoms with Crippen LogP contribution in [0.2, 0.25) is 0 Å². The fourth-order valence-corrected chi connectivity index (χ4v) is 2.90. The van der Waals surface area contributed by atoms with Gasteiger partial charge in [0.1, 0.15) is 5.69 Å². The summed E-state index contributed by atoms with van der Waals surface area (Å²) >= 11 is 0. The van der Waals surface area contributed by atoms with Crippen LogP contribution in [-0.4, -0.2) is 53.0 Å². The third-order valence-corrected chi connectivity index (χ3v) is 4.37. The third-order valence-electron chi connectivity index (χ3n) is 4.37. The van der Waals surface area contributed by atoms with Crippen LogP contribution in [0.1, 0.15) is 25.0 Å². The molecule has 1 saturated carbocycles. The number of anilines is 2. The second kappa shape index (κ2) is 5.44. The Kier molecular flexibility index (Phi) is 3.99. The smallest absolute Gasteiger partial charge is 0.332 e. The highest BCUT2D eigenvalue weighted by Gasteiger charge is 2.41. The molecule has 0 bridgehead atoms. The molecule has 0 atom stereocenters. The van der Waals surface area contributed by atoms with Crippen LogP contribution in [0.3, 0.4) is 0 Å². The van der Waals surface area contributed by atoms with Crippen molar-refractivity contribution < 1.29 is 4.92 Å². The van der Waals surface area contributed by atoms with Gasteiger partial charge in [-0.1, -0.05) is 0 Å². The molecule has 8 nitrogen and oxygen atoms in total. The van der Waals surface area contributed by atoms with Crippen LogP contribution < -0.4 is 10.6 Å². The maximum Gasteiger partial charge on any atom is 0.332 e. The maximum absolute atomic E-state index is 11.3. The van der Waals surface area contributed by atoms with Gasteiger partial charge < -0.3 is 15.5 Å². The minimum Gasteiger partial charge on any atom is -0.368 e. The van der Waals surface area contributed by atoms with Crippen molar-refractivity contribution in [2.45, 2.75) is 31.7 Å². The summed E-state index contributed by atoms with van der Waals surface area (Å²) in [6.45, 7) is 2.26. The molecule has 0 spiro atoms. The van der Waals surface area contributed by atoms with E-state index in [2.05, 4.69) is 14.9 Å². The van der Waals surface area contributed by atoms with Gasteiger partial charge in [-0.25, -0.2) is 4.98 Å². The molecule has 1 heterocycles. The van der Waals surface area contributed by atoms with Crippen LogP contribution >= 0.6 is 0 Å². The summed E-state index contributed by atoms with van der Waals surface area (Å²) < 4.78 is 0. The summed E-state index contributed by atoms with van der Waals surface area (Å²) in [5, 5.41) is 11.3. The molecule has 0 radical (unpaired) electrons. The van der Waals surface area contributed by atoms with Gasteiger partial charge in [-0.05, 0) is 40.3 Å². The Hall–Kier alpha value is -1.96. The van der Waals surface area contributed by atoms with Gasteiger partial charge >= 0.3 is 5.69 Å². The van der Waals surface area contributed by atoms with Crippen molar-refractivity contribution >= 4 is 17.5 Å². The molecule has 1 fully saturated rings. The van der Waals surface area contributed by atoms with Crippen molar-refractivity contribution in [1.82, 2.24) is 14.9 Å². The van der Waals surface area contributed by atoms with Crippen LogP contribution in [0.25, 0.3) is 0 Å². The van der Waals surface area contributed by atoms with E-state index in [0.717, 1.165) is 12.8 Å². The first-order valence-electron chi connectivity index (χ1n) is 6.94. The quantitative estimate of drug-likeness (QED) is 0.643. The molecule has 21 heavy (non-hydrogen) atoms. The van der Waals surface area contributed by atoms with E-state index < -0.39 is 4.92 Å². The highest BCUT2D eigenvalue weighted by molar-refractivity contribution is 5.61. The van der Waals surface area contributed by atoms with E-state index in [9.17, 15) is 10.1 Å². The molecule has 0 aliphatic heterocycles. The van der Waals surface area contributed by atoms with E-state index >= 15 is 0 Å². The molecular weight excluding hydrogens is 272 g/mol. The maximum atomic E-state index is 11.3. The van der Waals surface area contributed by atoms with Crippen LogP contribution in [-0.2, 0) is 0 Å². The average molecular weight is 294 g/mol. The van der Waals surface area contributed by atoms with Crippen molar-refractivity contribution in [2.24, 2.45) is 0 Å². The molecule has 1 aliphatic rings. The molecule has 0 saturated heterocycles. The number of aryl methyl sites for hydroxylation is 1. The Balaban J connectivity index is 2.35. The third kappa shape index (κ3) is 2.76. The zero-order chi connectivity index (χ0) is 15.8. The highest BCUT2D eigenvalue weighted by Crippen LogP contribution is 2.38. The van der Waals surface area contributed by atoms with E-state index in [0.29, 0.717) is 12.2 Å². The molecule has 8 heteroatoms. The lowest BCUT2D eigenvalue weighted by Crippen LogP contribution is -2.57. The lowest BCUT2D eigenvalue weighted by atomic mass is 9.75. The summed E-state index contributed by atoms with van der Waals surface area (Å²) in [7, 11) is 5.90. The van der Waals surface area contributed by atoms with Gasteiger partial charge in [0.15, 0.2) is 0 Å². The lowest BCUT2D eigenvalue weighted by Gasteiger charge is -2.49. The van der Waals surface area contributed by atoms with Crippen molar-refractivity contribution in [3.63, 3.8) is 0 Å². The van der Waals surface area contributed by atoms with Crippen molar-refractivity contribution in [3.05, 3.63) is 15.8 Å². The Morgan fingerprint density at radius 1 is 1.33 bits per heavy atom. The molecular formula is C13H22N6O2. The zero-order valence-electron chi connectivity index (χ0n) is 13.0. The molecule has 0 unspecified atom stereocenters. The summed E-state index contributed by atoms with van der Waals surface area (Å²) in [5.41, 5.74) is 5.93. The van der Waals surface area contributed by atoms with E-state index in [1.165, 1.54) is 6.42 Å². The summed E-state index contributed by atoms with van der Waals surface area (Å²) in [5.74, 6) is 0.352. The van der Waals surface area contributed by atoms with Gasteiger partial charge in [0.2, 0.25) is 11.8 Å². The molecule has 0 amide bonds. The fourth-order valence-electron chi connectivity index (χ4n) is 2.90. The number of hydrogen-bond donors (Lipinski definition) is 1. The van der Waals surface area contributed by atoms with Crippen molar-refractivity contribution in [3.8, 4) is 0 Å². The minimum atomic E-state index is -0.441. The van der Waals surface area contributed by atoms with Crippen LogP contribution in [0.15, 0.2) is 0 Å². The normalized spacial score (nSPS) is 16.6. The van der Waals surface area contributed by atoms with E-state index in [1.807, 2.05) is 26.0 Å². The predicted molar refractivity (Wildman–Crippen MR) is 81.4 cm³/mol. The van der Waals surface area contributed by atoms with Gasteiger partial charge in [-0.3, -0.25) is 10.1 Å². The number of nitrogen functional groups attached to an aromatic ring is 1. The number of rotatable bonds is 5. The van der Waals surface area contributed by atoms with E-state index in [-0.39, 0.29) is 23.0 Å². The Morgan fingerprint density at radius 3 is 2.38 bits per heavy atom. The molecule has 1 aromatic rings. The second-order valence-electron chi connectivity index (χ2n) is 5.92.